The van der Waals surface area contributed by atoms with Crippen LogP contribution in [0.15, 0.2) is 21.9 Å². The molecule has 1 N–H and O–H groups in total. The Bertz CT molecular complexity index is 1020. The molecule has 163 valence electrons. The van der Waals surface area contributed by atoms with Gasteiger partial charge in [0.05, 0.1) is 20.2 Å². The zero-order chi connectivity index (χ0) is 22.3. The number of nitrogens with zero attached hydrogens (tertiary/aromatic N) is 1. The predicted molar refractivity (Wildman–Crippen MR) is 85.0 cm³/mol. The van der Waals surface area contributed by atoms with Gasteiger partial charge in [-0.05, 0) is 12.8 Å². The minimum atomic E-state index is -7.01. The molecule has 1 fully saturated rings. The van der Waals surface area contributed by atoms with Crippen molar-refractivity contribution in [3.05, 3.63) is 33.1 Å². The number of nitrogens with one attached hydrogen (secondary N) is 1. The van der Waals surface area contributed by atoms with Gasteiger partial charge in [0.15, 0.2) is 0 Å². The van der Waals surface area contributed by atoms with Gasteiger partial charge in [-0.25, -0.2) is 4.79 Å². The molecule has 0 aliphatic carbocycles. The first kappa shape index (κ1) is 24.3. The first-order valence-electron chi connectivity index (χ1n) is 7.48. The molecule has 0 bridgehead atoms. The van der Waals surface area contributed by atoms with E-state index in [2.05, 4.69) is 8.83 Å². The maximum atomic E-state index is 13.2. The molecule has 0 amide bonds. The number of alkyl halides is 2. The SMILES string of the molecule is [B-]P(=O)(OCC1CCC(n2ccc(=O)[nH]c2=O)O1)OP(=O)([O-])C(F)(F)P(=O)([O-])[O-]. The van der Waals surface area contributed by atoms with Gasteiger partial charge in [-0.1, -0.05) is 0 Å². The number of hydrogen-bond donors (Lipinski definition) is 1. The van der Waals surface area contributed by atoms with E-state index in [-0.39, 0.29) is 12.8 Å². The number of hydrogen-bond acceptors (Lipinski definition) is 11. The van der Waals surface area contributed by atoms with E-state index < -0.39 is 58.3 Å². The Balaban J connectivity index is 2.00. The molecule has 4 atom stereocenters. The highest BCUT2D eigenvalue weighted by molar-refractivity contribution is 7.85. The molecule has 1 aliphatic heterocycles. The van der Waals surface area contributed by atoms with Crippen molar-refractivity contribution in [2.45, 2.75) is 30.6 Å². The molecule has 13 nitrogen and oxygen atoms in total. The monoisotopic (exact) mass is 477 g/mol. The van der Waals surface area contributed by atoms with Crippen LogP contribution in [-0.2, 0) is 27.3 Å². The third kappa shape index (κ3) is 5.60. The minimum Gasteiger partial charge on any atom is -0.806 e. The standard InChI is InChI=1S/C10H14BF2N2O11P3/c11-29(23,26-28(21,22)10(12,13)27(18,19)20)24-5-6-1-2-8(25-6)15-4-3-7(16)14-9(15)17/h3-4,6,8H,1-2,5H2,(H,21,22)(H,14,16,17)(H2,18,19,20)/q-1/p-3. The van der Waals surface area contributed by atoms with Gasteiger partial charge in [0.25, 0.3) is 5.56 Å². The zero-order valence-corrected chi connectivity index (χ0v) is 16.7. The summed E-state index contributed by atoms with van der Waals surface area (Å²) in [6, 6.07) is 1.05. The van der Waals surface area contributed by atoms with Crippen molar-refractivity contribution >= 4 is 30.2 Å². The zero-order valence-electron chi connectivity index (χ0n) is 14.0. The Morgan fingerprint density at radius 2 is 1.90 bits per heavy atom. The molecule has 29 heavy (non-hydrogen) atoms. The largest absolute Gasteiger partial charge is 0.806 e. The van der Waals surface area contributed by atoms with E-state index in [0.29, 0.717) is 0 Å². The fourth-order valence-electron chi connectivity index (χ4n) is 2.23. The summed E-state index contributed by atoms with van der Waals surface area (Å²) >= 11 is 0. The number of rotatable bonds is 8. The molecule has 3 radical (unpaired) electrons. The van der Waals surface area contributed by atoms with E-state index in [9.17, 15) is 46.7 Å². The van der Waals surface area contributed by atoms with E-state index in [4.69, 9.17) is 12.3 Å². The second-order valence-electron chi connectivity index (χ2n) is 5.73. The van der Waals surface area contributed by atoms with Crippen LogP contribution in [0.5, 0.6) is 0 Å². The Morgan fingerprint density at radius 3 is 2.45 bits per heavy atom. The van der Waals surface area contributed by atoms with Crippen LogP contribution in [-0.4, -0.2) is 35.2 Å². The third-order valence-electron chi connectivity index (χ3n) is 3.57. The second-order valence-corrected chi connectivity index (χ2v) is 11.2. The topological polar surface area (TPSA) is 203 Å². The Labute approximate surface area is 161 Å². The van der Waals surface area contributed by atoms with Gasteiger partial charge in [0.1, 0.15) is 6.23 Å². The molecule has 0 aromatic carbocycles. The van der Waals surface area contributed by atoms with E-state index in [1.807, 2.05) is 4.98 Å². The average Bonchev–Trinajstić information content (AvgIpc) is 2.99. The van der Waals surface area contributed by atoms with Gasteiger partial charge in [-0.3, -0.25) is 18.7 Å². The van der Waals surface area contributed by atoms with Gasteiger partial charge in [-0.2, -0.15) is 8.78 Å². The average molecular weight is 477 g/mol. The van der Waals surface area contributed by atoms with Crippen molar-refractivity contribution in [1.29, 1.82) is 0 Å². The van der Waals surface area contributed by atoms with Crippen molar-refractivity contribution < 1.29 is 50.7 Å². The van der Waals surface area contributed by atoms with E-state index in [1.54, 1.807) is 0 Å². The minimum absolute atomic E-state index is 0.151. The van der Waals surface area contributed by atoms with Crippen LogP contribution in [0.4, 0.5) is 8.78 Å². The van der Waals surface area contributed by atoms with E-state index in [0.717, 1.165) is 16.8 Å². The molecule has 1 aromatic heterocycles. The molecular formula is C10H11BF2N2O11P3-4. The Morgan fingerprint density at radius 1 is 1.28 bits per heavy atom. The van der Waals surface area contributed by atoms with Crippen LogP contribution in [0.25, 0.3) is 0 Å². The van der Waals surface area contributed by atoms with Crippen LogP contribution in [0.3, 0.4) is 0 Å². The molecule has 0 saturated carbocycles. The summed E-state index contributed by atoms with van der Waals surface area (Å²) in [5.41, 5.74) is -1.43. The summed E-state index contributed by atoms with van der Waals surface area (Å²) in [5, 5.41) is -5.90. The number of ether oxygens (including phenoxy) is 1. The number of halogens is 2. The van der Waals surface area contributed by atoms with Crippen LogP contribution < -0.4 is 25.9 Å². The first-order chi connectivity index (χ1) is 13.1. The molecule has 2 rings (SSSR count). The van der Waals surface area contributed by atoms with Crippen molar-refractivity contribution in [3.8, 4) is 0 Å². The molecule has 2 heterocycles. The fraction of sp³-hybridized carbons (Fsp3) is 0.600. The van der Waals surface area contributed by atoms with Crippen LogP contribution in [0, 0.1) is 0 Å². The summed E-state index contributed by atoms with van der Waals surface area (Å²) < 4.78 is 74.1. The molecule has 1 aliphatic rings. The van der Waals surface area contributed by atoms with Crippen LogP contribution in [0.1, 0.15) is 19.1 Å². The maximum absolute atomic E-state index is 13.2. The summed E-state index contributed by atoms with van der Waals surface area (Å²) in [5.74, 6) is 0. The van der Waals surface area contributed by atoms with Crippen LogP contribution in [0.2, 0.25) is 0 Å². The van der Waals surface area contributed by atoms with Crippen molar-refractivity contribution in [1.82, 2.24) is 9.55 Å². The third-order valence-corrected chi connectivity index (χ3v) is 8.63. The highest BCUT2D eigenvalue weighted by atomic mass is 31.3. The number of aromatic nitrogens is 2. The molecule has 1 saturated heterocycles. The van der Waals surface area contributed by atoms with E-state index >= 15 is 0 Å². The summed E-state index contributed by atoms with van der Waals surface area (Å²) in [7, 11) is -14.3. The van der Waals surface area contributed by atoms with Gasteiger partial charge in [-0.15, -0.1) is 0 Å². The van der Waals surface area contributed by atoms with E-state index in [1.165, 1.54) is 0 Å². The summed E-state index contributed by atoms with van der Waals surface area (Å²) in [6.45, 7) is -0.750. The molecule has 0 spiro atoms. The number of aromatic amines is 1. The molecule has 19 heteroatoms. The Kier molecular flexibility index (Phi) is 6.96. The molecule has 4 unspecified atom stereocenters. The lowest BCUT2D eigenvalue weighted by Crippen LogP contribution is -2.35. The predicted octanol–water partition coefficient (Wildman–Crippen LogP) is -1.46. The van der Waals surface area contributed by atoms with Crippen molar-refractivity contribution in [2.24, 2.45) is 0 Å². The lowest BCUT2D eigenvalue weighted by molar-refractivity contribution is -0.331. The smallest absolute Gasteiger partial charge is 0.332 e. The van der Waals surface area contributed by atoms with Gasteiger partial charge in [0, 0.05) is 19.9 Å². The summed E-state index contributed by atoms with van der Waals surface area (Å²) in [6.07, 6.45) is -0.337. The normalized spacial score (nSPS) is 24.8. The van der Waals surface area contributed by atoms with Crippen molar-refractivity contribution in [3.63, 3.8) is 0 Å². The molecule has 1 aromatic rings. The molecular weight excluding hydrogens is 466 g/mol. The number of H-pyrrole nitrogens is 1. The van der Waals surface area contributed by atoms with Gasteiger partial charge in [0.2, 0.25) is 7.60 Å². The highest BCUT2D eigenvalue weighted by Gasteiger charge is 2.47. The second kappa shape index (κ2) is 8.29. The Hall–Kier alpha value is -0.945. The highest BCUT2D eigenvalue weighted by Crippen LogP contribution is 2.72. The lowest BCUT2D eigenvalue weighted by Gasteiger charge is -2.46. The van der Waals surface area contributed by atoms with Gasteiger partial charge < -0.3 is 45.2 Å². The summed E-state index contributed by atoms with van der Waals surface area (Å²) in [4.78, 5) is 56.8. The quantitative estimate of drug-likeness (QED) is 0.339. The van der Waals surface area contributed by atoms with Crippen LogP contribution >= 0.6 is 22.7 Å². The fourth-order valence-corrected chi connectivity index (χ4v) is 5.91. The first-order valence-corrected chi connectivity index (χ1v) is 12.2. The van der Waals surface area contributed by atoms with Gasteiger partial charge >= 0.3 is 11.1 Å². The maximum Gasteiger partial charge on any atom is 0.332 e. The lowest BCUT2D eigenvalue weighted by atomic mass is 10.2. The van der Waals surface area contributed by atoms with Crippen molar-refractivity contribution in [2.75, 3.05) is 6.61 Å².